The summed E-state index contributed by atoms with van der Waals surface area (Å²) in [6.45, 7) is 8.71. The molecular formula is C23H27Cl2N5S. The van der Waals surface area contributed by atoms with Gasteiger partial charge in [0.2, 0.25) is 0 Å². The van der Waals surface area contributed by atoms with E-state index in [2.05, 4.69) is 33.4 Å². The van der Waals surface area contributed by atoms with Crippen molar-refractivity contribution in [2.24, 2.45) is 0 Å². The van der Waals surface area contributed by atoms with E-state index in [9.17, 15) is 0 Å². The van der Waals surface area contributed by atoms with Gasteiger partial charge >= 0.3 is 0 Å². The third-order valence-electron chi connectivity index (χ3n) is 5.59. The number of hydrogen-bond acceptors (Lipinski definition) is 4. The van der Waals surface area contributed by atoms with Crippen molar-refractivity contribution in [1.29, 1.82) is 0 Å². The topological polar surface area (TPSA) is 29.2 Å². The van der Waals surface area contributed by atoms with Crippen molar-refractivity contribution >= 4 is 35.4 Å². The molecule has 1 fully saturated rings. The third-order valence-corrected chi connectivity index (χ3v) is 6.53. The van der Waals surface area contributed by atoms with Crippen molar-refractivity contribution in [3.8, 4) is 11.4 Å². The van der Waals surface area contributed by atoms with Gasteiger partial charge in [0.25, 0.3) is 0 Å². The summed E-state index contributed by atoms with van der Waals surface area (Å²) in [5, 5.41) is 6.39. The first-order valence-electron chi connectivity index (χ1n) is 10.7. The van der Waals surface area contributed by atoms with Crippen LogP contribution in [0.4, 0.5) is 0 Å². The highest BCUT2D eigenvalue weighted by molar-refractivity contribution is 7.71. The lowest BCUT2D eigenvalue weighted by molar-refractivity contribution is 0.0980. The lowest BCUT2D eigenvalue weighted by Gasteiger charge is -2.34. The van der Waals surface area contributed by atoms with Crippen LogP contribution in [0.15, 0.2) is 48.5 Å². The average molecular weight is 476 g/mol. The number of benzene rings is 2. The zero-order chi connectivity index (χ0) is 21.8. The molecule has 0 atom stereocenters. The molecule has 0 N–H and O–H groups in total. The highest BCUT2D eigenvalue weighted by Gasteiger charge is 2.19. The molecule has 0 radical (unpaired) electrons. The van der Waals surface area contributed by atoms with Crippen LogP contribution in [-0.4, -0.2) is 50.3 Å². The van der Waals surface area contributed by atoms with Crippen LogP contribution in [0.1, 0.15) is 18.9 Å². The molecule has 0 aliphatic carbocycles. The van der Waals surface area contributed by atoms with Crippen molar-refractivity contribution in [2.75, 3.05) is 26.2 Å². The van der Waals surface area contributed by atoms with E-state index in [0.717, 1.165) is 71.9 Å². The Bertz CT molecular complexity index is 1050. The molecule has 164 valence electrons. The Balaban J connectivity index is 1.42. The number of nitrogens with zero attached hydrogens (tertiary/aromatic N) is 5. The van der Waals surface area contributed by atoms with Gasteiger partial charge in [0.15, 0.2) is 10.6 Å². The summed E-state index contributed by atoms with van der Waals surface area (Å²) in [6, 6.07) is 15.9. The fourth-order valence-electron chi connectivity index (χ4n) is 3.90. The second kappa shape index (κ2) is 10.3. The van der Waals surface area contributed by atoms with Crippen LogP contribution in [-0.2, 0) is 19.8 Å². The highest BCUT2D eigenvalue weighted by atomic mass is 35.5. The first kappa shape index (κ1) is 22.5. The number of aromatic nitrogens is 3. The second-order valence-corrected chi connectivity index (χ2v) is 9.16. The minimum atomic E-state index is 0.713. The van der Waals surface area contributed by atoms with Gasteiger partial charge in [-0.25, -0.2) is 4.68 Å². The Morgan fingerprint density at radius 2 is 1.45 bits per heavy atom. The van der Waals surface area contributed by atoms with Gasteiger partial charge in [-0.1, -0.05) is 42.3 Å². The van der Waals surface area contributed by atoms with Gasteiger partial charge in [0.05, 0.1) is 6.67 Å². The molecule has 3 aromatic rings. The van der Waals surface area contributed by atoms with E-state index in [-0.39, 0.29) is 0 Å². The maximum atomic E-state index is 6.07. The van der Waals surface area contributed by atoms with Crippen LogP contribution in [0.25, 0.3) is 11.4 Å². The van der Waals surface area contributed by atoms with Crippen LogP contribution in [0.5, 0.6) is 0 Å². The lowest BCUT2D eigenvalue weighted by Crippen LogP contribution is -2.46. The molecule has 2 heterocycles. The van der Waals surface area contributed by atoms with E-state index in [0.29, 0.717) is 6.67 Å². The molecule has 4 rings (SSSR count). The molecule has 1 aliphatic rings. The van der Waals surface area contributed by atoms with Gasteiger partial charge in [0, 0.05) is 54.9 Å². The van der Waals surface area contributed by atoms with Crippen LogP contribution in [0.3, 0.4) is 0 Å². The van der Waals surface area contributed by atoms with Crippen molar-refractivity contribution < 1.29 is 0 Å². The molecule has 0 saturated carbocycles. The van der Waals surface area contributed by atoms with E-state index < -0.39 is 0 Å². The molecule has 1 aromatic heterocycles. The summed E-state index contributed by atoms with van der Waals surface area (Å²) in [7, 11) is 0. The molecule has 0 bridgehead atoms. The smallest absolute Gasteiger partial charge is 0.199 e. The molecule has 1 saturated heterocycles. The first-order valence-corrected chi connectivity index (χ1v) is 11.8. The summed E-state index contributed by atoms with van der Waals surface area (Å²) in [5.41, 5.74) is 2.33. The monoisotopic (exact) mass is 475 g/mol. The van der Waals surface area contributed by atoms with Crippen molar-refractivity contribution in [1.82, 2.24) is 24.1 Å². The van der Waals surface area contributed by atoms with Crippen LogP contribution in [0.2, 0.25) is 10.0 Å². The normalized spacial score (nSPS) is 15.5. The van der Waals surface area contributed by atoms with E-state index in [4.69, 9.17) is 40.5 Å². The van der Waals surface area contributed by atoms with Gasteiger partial charge in [-0.15, -0.1) is 0 Å². The Labute approximate surface area is 198 Å². The van der Waals surface area contributed by atoms with E-state index in [1.54, 1.807) is 0 Å². The highest BCUT2D eigenvalue weighted by Crippen LogP contribution is 2.22. The predicted molar refractivity (Wildman–Crippen MR) is 130 cm³/mol. The van der Waals surface area contributed by atoms with Crippen LogP contribution >= 0.6 is 35.4 Å². The summed E-state index contributed by atoms with van der Waals surface area (Å²) >= 11 is 17.8. The predicted octanol–water partition coefficient (Wildman–Crippen LogP) is 5.57. The molecule has 0 amide bonds. The summed E-state index contributed by atoms with van der Waals surface area (Å²) in [5.74, 6) is 0.907. The molecule has 5 nitrogen and oxygen atoms in total. The van der Waals surface area contributed by atoms with Crippen molar-refractivity contribution in [3.05, 3.63) is 68.9 Å². The third kappa shape index (κ3) is 5.57. The fraction of sp³-hybridized carbons (Fsp3) is 0.391. The van der Waals surface area contributed by atoms with Gasteiger partial charge in [-0.05, 0) is 60.6 Å². The quantitative estimate of drug-likeness (QED) is 0.417. The molecule has 2 aromatic carbocycles. The number of rotatable bonds is 7. The van der Waals surface area contributed by atoms with Crippen LogP contribution in [0, 0.1) is 4.77 Å². The van der Waals surface area contributed by atoms with Crippen molar-refractivity contribution in [3.63, 3.8) is 0 Å². The van der Waals surface area contributed by atoms with Gasteiger partial charge < -0.3 is 0 Å². The van der Waals surface area contributed by atoms with Crippen molar-refractivity contribution in [2.45, 2.75) is 33.1 Å². The summed E-state index contributed by atoms with van der Waals surface area (Å²) in [6.07, 6.45) is 1.00. The number of hydrogen-bond donors (Lipinski definition) is 0. The molecule has 8 heteroatoms. The minimum Gasteiger partial charge on any atom is -0.300 e. The standard InChI is InChI=1S/C23H27Cl2N5S/c1-2-11-29-22(19-5-9-21(25)10-6-19)26-30(23(29)31)17-28-14-12-27(13-15-28)16-18-3-7-20(24)8-4-18/h3-10H,2,11-17H2,1H3. The van der Waals surface area contributed by atoms with Gasteiger partial charge in [0.1, 0.15) is 0 Å². The SMILES string of the molecule is CCCn1c(-c2ccc(Cl)cc2)nn(CN2CCN(Cc3ccc(Cl)cc3)CC2)c1=S. The molecule has 0 spiro atoms. The Hall–Kier alpha value is -1.70. The summed E-state index contributed by atoms with van der Waals surface area (Å²) < 4.78 is 4.87. The maximum absolute atomic E-state index is 6.07. The molecule has 0 unspecified atom stereocenters. The number of piperazine rings is 1. The maximum Gasteiger partial charge on any atom is 0.199 e. The average Bonchev–Trinajstić information content (AvgIpc) is 3.07. The second-order valence-electron chi connectivity index (χ2n) is 7.93. The van der Waals surface area contributed by atoms with E-state index >= 15 is 0 Å². The Morgan fingerprint density at radius 1 is 0.871 bits per heavy atom. The van der Waals surface area contributed by atoms with Gasteiger partial charge in [-0.3, -0.25) is 14.4 Å². The number of halogens is 2. The minimum absolute atomic E-state index is 0.713. The molecule has 31 heavy (non-hydrogen) atoms. The summed E-state index contributed by atoms with van der Waals surface area (Å²) in [4.78, 5) is 4.90. The van der Waals surface area contributed by atoms with Gasteiger partial charge in [-0.2, -0.15) is 5.10 Å². The Kier molecular flexibility index (Phi) is 7.46. The molecular weight excluding hydrogens is 449 g/mol. The zero-order valence-corrected chi connectivity index (χ0v) is 20.0. The lowest BCUT2D eigenvalue weighted by atomic mass is 10.2. The van der Waals surface area contributed by atoms with E-state index in [1.165, 1.54) is 5.56 Å². The zero-order valence-electron chi connectivity index (χ0n) is 17.7. The first-order chi connectivity index (χ1) is 15.0. The van der Waals surface area contributed by atoms with E-state index in [1.807, 2.05) is 41.1 Å². The van der Waals surface area contributed by atoms with Crippen LogP contribution < -0.4 is 0 Å². The largest absolute Gasteiger partial charge is 0.300 e. The molecule has 1 aliphatic heterocycles. The fourth-order valence-corrected chi connectivity index (χ4v) is 4.43. The Morgan fingerprint density at radius 3 is 2.06 bits per heavy atom.